The molecule has 4 atom stereocenters. The van der Waals surface area contributed by atoms with Crippen molar-refractivity contribution in [1.82, 2.24) is 0 Å². The van der Waals surface area contributed by atoms with Gasteiger partial charge in [-0.25, -0.2) is 0 Å². The quantitative estimate of drug-likeness (QED) is 0.611. The van der Waals surface area contributed by atoms with Crippen LogP contribution in [0.15, 0.2) is 41.0 Å². The molecule has 5 aliphatic rings. The lowest BCUT2D eigenvalue weighted by Gasteiger charge is -2.56. The zero-order valence-electron chi connectivity index (χ0n) is 20.6. The summed E-state index contributed by atoms with van der Waals surface area (Å²) in [6.45, 7) is 11.7. The minimum absolute atomic E-state index is 0.0430. The van der Waals surface area contributed by atoms with Gasteiger partial charge in [0.1, 0.15) is 22.8 Å². The molecule has 1 spiro atoms. The molecule has 1 unspecified atom stereocenters. The Hall–Kier alpha value is -2.86. The first-order valence-electron chi connectivity index (χ1n) is 11.9. The lowest BCUT2D eigenvalue weighted by atomic mass is 9.51. The fourth-order valence-electron chi connectivity index (χ4n) is 6.48. The molecule has 2 fully saturated rings. The van der Waals surface area contributed by atoms with Crippen molar-refractivity contribution in [3.8, 4) is 17.2 Å². The number of carbonyl (C=O) groups excluding carboxylic acids is 2. The Morgan fingerprint density at radius 1 is 1.09 bits per heavy atom. The second-order valence-corrected chi connectivity index (χ2v) is 11.1. The highest BCUT2D eigenvalue weighted by molar-refractivity contribution is 6.18. The van der Waals surface area contributed by atoms with Crippen LogP contribution in [0.3, 0.4) is 0 Å². The third kappa shape index (κ3) is 2.72. The largest absolute Gasteiger partial charge is 0.507 e. The highest BCUT2D eigenvalue weighted by Gasteiger charge is 2.81. The van der Waals surface area contributed by atoms with Gasteiger partial charge >= 0.3 is 0 Å². The van der Waals surface area contributed by atoms with E-state index in [2.05, 4.69) is 0 Å². The van der Waals surface area contributed by atoms with Crippen molar-refractivity contribution in [3.63, 3.8) is 0 Å². The molecule has 4 bridgehead atoms. The number of carbonyl (C=O) groups is 2. The Kier molecular flexibility index (Phi) is 4.77. The average Bonchev–Trinajstić information content (AvgIpc) is 2.89. The van der Waals surface area contributed by atoms with E-state index in [4.69, 9.17) is 9.47 Å². The molecule has 1 saturated carbocycles. The van der Waals surface area contributed by atoms with Gasteiger partial charge in [-0.15, -0.1) is 0 Å². The first-order chi connectivity index (χ1) is 15.9. The normalized spacial score (nSPS) is 31.9. The van der Waals surface area contributed by atoms with Gasteiger partial charge in [0.2, 0.25) is 0 Å². The van der Waals surface area contributed by atoms with E-state index in [1.807, 2.05) is 53.7 Å². The molecule has 2 N–H and O–H groups in total. The van der Waals surface area contributed by atoms with Gasteiger partial charge < -0.3 is 19.7 Å². The molecule has 1 aromatic rings. The van der Waals surface area contributed by atoms with Crippen LogP contribution in [0.2, 0.25) is 0 Å². The third-order valence-corrected chi connectivity index (χ3v) is 7.95. The van der Waals surface area contributed by atoms with Crippen LogP contribution in [0.4, 0.5) is 0 Å². The molecule has 6 nitrogen and oxygen atoms in total. The van der Waals surface area contributed by atoms with Crippen molar-refractivity contribution in [3.05, 3.63) is 52.1 Å². The summed E-state index contributed by atoms with van der Waals surface area (Å²) in [5.41, 5.74) is -0.450. The lowest BCUT2D eigenvalue weighted by molar-refractivity contribution is -0.171. The number of Topliss-reactive ketones (excluding diaryl/α,β-unsaturated/α-hetero) is 2. The molecule has 0 radical (unpaired) electrons. The Morgan fingerprint density at radius 3 is 2.41 bits per heavy atom. The zero-order valence-corrected chi connectivity index (χ0v) is 20.6. The van der Waals surface area contributed by atoms with E-state index in [0.717, 1.165) is 11.1 Å². The number of aromatic hydroxyl groups is 2. The standard InChI is InChI=1S/C28H32O6/c1-14(2)7-8-17-19(29)13-20(30)22-23(31)18-11-16-12-21-26(5,6)34-27(25(16)32,10-9-15(3)4)28(18,21)33-24(17)22/h7,9,11,13,16,21,29-30H,8,10,12H2,1-6H3/t16-,21+,27+,28?/m1/s1. The molecule has 6 rings (SSSR count). The maximum absolute atomic E-state index is 14.0. The number of hydrogen-bond acceptors (Lipinski definition) is 6. The molecular formula is C28H32O6. The van der Waals surface area contributed by atoms with Gasteiger partial charge in [0, 0.05) is 35.5 Å². The molecular weight excluding hydrogens is 432 g/mol. The number of rotatable bonds is 4. The second-order valence-electron chi connectivity index (χ2n) is 11.1. The van der Waals surface area contributed by atoms with E-state index in [0.29, 0.717) is 30.4 Å². The van der Waals surface area contributed by atoms with Crippen LogP contribution in [0.1, 0.15) is 70.3 Å². The van der Waals surface area contributed by atoms with Crippen molar-refractivity contribution in [1.29, 1.82) is 0 Å². The number of ketones is 2. The van der Waals surface area contributed by atoms with Gasteiger partial charge in [-0.3, -0.25) is 9.59 Å². The van der Waals surface area contributed by atoms with Crippen molar-refractivity contribution >= 4 is 11.6 Å². The summed E-state index contributed by atoms with van der Waals surface area (Å²) in [6, 6.07) is 1.20. The SMILES string of the molecule is CC(C)=CCc1c(O)cc(O)c2c1OC13C(=C[C@@H]4C[C@H]1C(C)(C)O[C@@]3(CC=C(C)C)C4=O)C2=O. The summed E-state index contributed by atoms with van der Waals surface area (Å²) < 4.78 is 13.5. The van der Waals surface area contributed by atoms with Crippen molar-refractivity contribution < 1.29 is 29.3 Å². The summed E-state index contributed by atoms with van der Waals surface area (Å²) in [5.74, 6) is -1.43. The maximum atomic E-state index is 14.0. The lowest BCUT2D eigenvalue weighted by Crippen LogP contribution is -2.72. The van der Waals surface area contributed by atoms with Crippen molar-refractivity contribution in [2.24, 2.45) is 11.8 Å². The number of ether oxygens (including phenoxy) is 2. The third-order valence-electron chi connectivity index (χ3n) is 7.95. The predicted octanol–water partition coefficient (Wildman–Crippen LogP) is 4.97. The summed E-state index contributed by atoms with van der Waals surface area (Å²) >= 11 is 0. The van der Waals surface area contributed by atoms with Gasteiger partial charge in [0.05, 0.1) is 5.60 Å². The van der Waals surface area contributed by atoms with Crippen LogP contribution in [0.25, 0.3) is 0 Å². The summed E-state index contributed by atoms with van der Waals surface area (Å²) in [6.07, 6.45) is 6.78. The zero-order chi connectivity index (χ0) is 24.8. The fourth-order valence-corrected chi connectivity index (χ4v) is 6.48. The van der Waals surface area contributed by atoms with Crippen LogP contribution in [-0.2, 0) is 16.0 Å². The summed E-state index contributed by atoms with van der Waals surface area (Å²) in [4.78, 5) is 27.9. The van der Waals surface area contributed by atoms with Gasteiger partial charge in [0.15, 0.2) is 22.8 Å². The van der Waals surface area contributed by atoms with Crippen LogP contribution in [-0.4, -0.2) is 38.6 Å². The second kappa shape index (κ2) is 7.08. The number of hydrogen-bond donors (Lipinski definition) is 2. The first kappa shape index (κ1) is 22.9. The number of benzene rings is 1. The van der Waals surface area contributed by atoms with Crippen LogP contribution < -0.4 is 4.74 Å². The molecule has 0 amide bonds. The fraction of sp³-hybridized carbons (Fsp3) is 0.500. The van der Waals surface area contributed by atoms with E-state index in [9.17, 15) is 19.8 Å². The summed E-state index contributed by atoms with van der Waals surface area (Å²) in [5, 5.41) is 21.4. The Bertz CT molecular complexity index is 1220. The van der Waals surface area contributed by atoms with Crippen LogP contribution in [0, 0.1) is 11.8 Å². The molecule has 180 valence electrons. The minimum atomic E-state index is -1.35. The minimum Gasteiger partial charge on any atom is -0.507 e. The Morgan fingerprint density at radius 2 is 1.76 bits per heavy atom. The average molecular weight is 465 g/mol. The smallest absolute Gasteiger partial charge is 0.200 e. The van der Waals surface area contributed by atoms with Crippen molar-refractivity contribution in [2.45, 2.75) is 77.6 Å². The number of fused-ring (bicyclic) bond motifs is 1. The predicted molar refractivity (Wildman–Crippen MR) is 127 cm³/mol. The molecule has 1 saturated heterocycles. The van der Waals surface area contributed by atoms with Crippen molar-refractivity contribution in [2.75, 3.05) is 0 Å². The number of allylic oxidation sites excluding steroid dienone is 4. The molecule has 2 aliphatic heterocycles. The highest BCUT2D eigenvalue weighted by atomic mass is 16.6. The van der Waals surface area contributed by atoms with Gasteiger partial charge in [-0.2, -0.15) is 0 Å². The summed E-state index contributed by atoms with van der Waals surface area (Å²) in [7, 11) is 0. The van der Waals surface area contributed by atoms with Gasteiger partial charge in [-0.05, 0) is 54.4 Å². The van der Waals surface area contributed by atoms with E-state index in [-0.39, 0.29) is 40.3 Å². The molecule has 6 heteroatoms. The van der Waals surface area contributed by atoms with E-state index < -0.39 is 22.7 Å². The molecule has 0 aromatic heterocycles. The van der Waals surface area contributed by atoms with Gasteiger partial charge in [0.25, 0.3) is 0 Å². The van der Waals surface area contributed by atoms with Crippen LogP contribution in [0.5, 0.6) is 17.2 Å². The number of phenolic OH excluding ortho intramolecular Hbond substituents is 2. The van der Waals surface area contributed by atoms with E-state index in [1.54, 1.807) is 6.08 Å². The molecule has 2 heterocycles. The molecule has 3 aliphatic carbocycles. The topological polar surface area (TPSA) is 93.1 Å². The Balaban J connectivity index is 1.81. The number of phenols is 2. The Labute approximate surface area is 200 Å². The molecule has 34 heavy (non-hydrogen) atoms. The van der Waals surface area contributed by atoms with Gasteiger partial charge in [-0.1, -0.05) is 29.4 Å². The molecule has 1 aromatic carbocycles. The van der Waals surface area contributed by atoms with Crippen LogP contribution >= 0.6 is 0 Å². The van der Waals surface area contributed by atoms with E-state index in [1.165, 1.54) is 6.07 Å². The maximum Gasteiger partial charge on any atom is 0.200 e. The highest BCUT2D eigenvalue weighted by Crippen LogP contribution is 2.68. The first-order valence-corrected chi connectivity index (χ1v) is 11.9. The monoisotopic (exact) mass is 464 g/mol. The van der Waals surface area contributed by atoms with E-state index >= 15 is 0 Å².